The molecule has 6 heteroatoms. The first-order valence-electron chi connectivity index (χ1n) is 6.71. The largest absolute Gasteiger partial charge is 0.450 e. The summed E-state index contributed by atoms with van der Waals surface area (Å²) >= 11 is 4.13. The van der Waals surface area contributed by atoms with Crippen molar-refractivity contribution in [1.29, 1.82) is 0 Å². The molecule has 1 aliphatic rings. The van der Waals surface area contributed by atoms with Crippen molar-refractivity contribution in [3.63, 3.8) is 0 Å². The minimum atomic E-state index is -0.316. The fourth-order valence-corrected chi connectivity index (χ4v) is 3.37. The lowest BCUT2D eigenvalue weighted by molar-refractivity contribution is -0.113. The van der Waals surface area contributed by atoms with Crippen LogP contribution in [-0.4, -0.2) is 11.1 Å². The Labute approximate surface area is 140 Å². The van der Waals surface area contributed by atoms with Gasteiger partial charge in [0, 0.05) is 6.08 Å². The molecule has 112 valence electrons. The van der Waals surface area contributed by atoms with Crippen molar-refractivity contribution in [3.8, 4) is 0 Å². The SMILES string of the molecule is CCc1ccccc1N1C(=O)S/C(=C/c2ccc(Br)o2)C1=O. The van der Waals surface area contributed by atoms with E-state index in [0.717, 1.165) is 23.7 Å². The zero-order valence-corrected chi connectivity index (χ0v) is 14.1. The number of anilines is 1. The van der Waals surface area contributed by atoms with Crippen molar-refractivity contribution in [2.45, 2.75) is 13.3 Å². The van der Waals surface area contributed by atoms with Crippen LogP contribution < -0.4 is 4.90 Å². The molecule has 22 heavy (non-hydrogen) atoms. The summed E-state index contributed by atoms with van der Waals surface area (Å²) in [6, 6.07) is 10.9. The molecule has 0 spiro atoms. The van der Waals surface area contributed by atoms with E-state index in [-0.39, 0.29) is 11.1 Å². The van der Waals surface area contributed by atoms with Crippen molar-refractivity contribution in [1.82, 2.24) is 0 Å². The Morgan fingerprint density at radius 2 is 2.00 bits per heavy atom. The van der Waals surface area contributed by atoms with E-state index in [9.17, 15) is 9.59 Å². The summed E-state index contributed by atoms with van der Waals surface area (Å²) < 4.78 is 5.94. The zero-order chi connectivity index (χ0) is 15.7. The third-order valence-corrected chi connectivity index (χ3v) is 4.57. The molecule has 4 nitrogen and oxygen atoms in total. The summed E-state index contributed by atoms with van der Waals surface area (Å²) in [7, 11) is 0. The van der Waals surface area contributed by atoms with Gasteiger partial charge in [0.05, 0.1) is 10.6 Å². The standard InChI is InChI=1S/C16H12BrNO3S/c1-2-10-5-3-4-6-12(10)18-15(19)13(22-16(18)20)9-11-7-8-14(17)21-11/h3-9H,2H2,1H3/b13-9+. The highest BCUT2D eigenvalue weighted by Crippen LogP contribution is 2.37. The fourth-order valence-electron chi connectivity index (χ4n) is 2.24. The van der Waals surface area contributed by atoms with Crippen LogP contribution in [0.1, 0.15) is 18.2 Å². The second-order valence-corrected chi connectivity index (χ2v) is 6.42. The zero-order valence-electron chi connectivity index (χ0n) is 11.7. The third kappa shape index (κ3) is 2.76. The van der Waals surface area contributed by atoms with E-state index in [1.165, 1.54) is 4.90 Å². The monoisotopic (exact) mass is 377 g/mol. The molecule has 2 aromatic rings. The molecule has 1 aromatic carbocycles. The molecule has 0 saturated carbocycles. The van der Waals surface area contributed by atoms with Gasteiger partial charge < -0.3 is 4.42 Å². The van der Waals surface area contributed by atoms with E-state index in [4.69, 9.17) is 4.42 Å². The number of benzene rings is 1. The number of amides is 2. The number of furan rings is 1. The van der Waals surface area contributed by atoms with Crippen molar-refractivity contribution >= 4 is 50.6 Å². The topological polar surface area (TPSA) is 50.5 Å². The van der Waals surface area contributed by atoms with Gasteiger partial charge in [-0.3, -0.25) is 9.59 Å². The quantitative estimate of drug-likeness (QED) is 0.717. The van der Waals surface area contributed by atoms with E-state index in [1.54, 1.807) is 24.3 Å². The Hall–Kier alpha value is -1.79. The molecule has 3 rings (SSSR count). The summed E-state index contributed by atoms with van der Waals surface area (Å²) in [5.74, 6) is 0.213. The van der Waals surface area contributed by atoms with Crippen molar-refractivity contribution < 1.29 is 14.0 Å². The van der Waals surface area contributed by atoms with Crippen LogP contribution in [0.25, 0.3) is 6.08 Å². The van der Waals surface area contributed by atoms with Gasteiger partial charge in [0.2, 0.25) is 0 Å². The first-order valence-corrected chi connectivity index (χ1v) is 8.32. The number of para-hydroxylation sites is 1. The van der Waals surface area contributed by atoms with Crippen LogP contribution >= 0.6 is 27.7 Å². The van der Waals surface area contributed by atoms with Crippen LogP contribution in [-0.2, 0) is 11.2 Å². The van der Waals surface area contributed by atoms with E-state index >= 15 is 0 Å². The molecule has 0 atom stereocenters. The normalized spacial score (nSPS) is 16.8. The highest BCUT2D eigenvalue weighted by molar-refractivity contribution is 9.10. The van der Waals surface area contributed by atoms with Gasteiger partial charge in [-0.25, -0.2) is 4.90 Å². The lowest BCUT2D eigenvalue weighted by atomic mass is 10.1. The molecule has 0 aliphatic carbocycles. The van der Waals surface area contributed by atoms with Gasteiger partial charge in [-0.2, -0.15) is 0 Å². The molecular weight excluding hydrogens is 366 g/mol. The summed E-state index contributed by atoms with van der Waals surface area (Å²) in [4.78, 5) is 26.4. The number of nitrogens with zero attached hydrogens (tertiary/aromatic N) is 1. The third-order valence-electron chi connectivity index (χ3n) is 3.27. The molecule has 1 fully saturated rings. The number of aryl methyl sites for hydroxylation is 1. The highest BCUT2D eigenvalue weighted by atomic mass is 79.9. The van der Waals surface area contributed by atoms with Gasteiger partial charge >= 0.3 is 0 Å². The molecule has 1 aromatic heterocycles. The number of carbonyl (C=O) groups excluding carboxylic acids is 2. The molecule has 0 radical (unpaired) electrons. The van der Waals surface area contributed by atoms with Crippen molar-refractivity contribution in [2.75, 3.05) is 4.90 Å². The number of carbonyl (C=O) groups is 2. The van der Waals surface area contributed by atoms with Crippen LogP contribution in [0.4, 0.5) is 10.5 Å². The van der Waals surface area contributed by atoms with Crippen LogP contribution in [0.15, 0.2) is 50.4 Å². The first kappa shape index (κ1) is 15.1. The van der Waals surface area contributed by atoms with Gasteiger partial charge in [0.15, 0.2) is 4.67 Å². The smallest absolute Gasteiger partial charge is 0.298 e. The molecular formula is C16H12BrNO3S. The maximum atomic E-state index is 12.6. The first-order chi connectivity index (χ1) is 10.6. The van der Waals surface area contributed by atoms with E-state index in [0.29, 0.717) is 21.0 Å². The summed E-state index contributed by atoms with van der Waals surface area (Å²) in [6.45, 7) is 1.99. The lowest BCUT2D eigenvalue weighted by Crippen LogP contribution is -2.28. The van der Waals surface area contributed by atoms with Gasteiger partial charge in [0.25, 0.3) is 11.1 Å². The molecule has 0 bridgehead atoms. The van der Waals surface area contributed by atoms with E-state index in [2.05, 4.69) is 15.9 Å². The second kappa shape index (κ2) is 6.14. The number of imide groups is 1. The maximum Gasteiger partial charge on any atom is 0.298 e. The van der Waals surface area contributed by atoms with E-state index in [1.807, 2.05) is 25.1 Å². The summed E-state index contributed by atoms with van der Waals surface area (Å²) in [5.41, 5.74) is 1.61. The number of hydrogen-bond acceptors (Lipinski definition) is 4. The number of thioether (sulfide) groups is 1. The van der Waals surface area contributed by atoms with Gasteiger partial charge in [0.1, 0.15) is 5.76 Å². The fraction of sp³-hybridized carbons (Fsp3) is 0.125. The summed E-state index contributed by atoms with van der Waals surface area (Å²) in [6.07, 6.45) is 2.34. The minimum Gasteiger partial charge on any atom is -0.450 e. The van der Waals surface area contributed by atoms with Gasteiger partial charge in [-0.15, -0.1) is 0 Å². The average Bonchev–Trinajstić information content (AvgIpc) is 3.03. The Morgan fingerprint density at radius 3 is 2.68 bits per heavy atom. The molecule has 2 amide bonds. The van der Waals surface area contributed by atoms with Gasteiger partial charge in [-0.1, -0.05) is 25.1 Å². The number of rotatable bonds is 3. The van der Waals surface area contributed by atoms with Crippen molar-refractivity contribution in [2.24, 2.45) is 0 Å². The minimum absolute atomic E-state index is 0.289. The maximum absolute atomic E-state index is 12.6. The van der Waals surface area contributed by atoms with Crippen LogP contribution in [0.5, 0.6) is 0 Å². The Morgan fingerprint density at radius 1 is 1.23 bits per heavy atom. The molecule has 0 unspecified atom stereocenters. The summed E-state index contributed by atoms with van der Waals surface area (Å²) in [5, 5.41) is -0.289. The average molecular weight is 378 g/mol. The molecule has 1 saturated heterocycles. The number of hydrogen-bond donors (Lipinski definition) is 0. The lowest BCUT2D eigenvalue weighted by Gasteiger charge is -2.16. The van der Waals surface area contributed by atoms with Crippen LogP contribution in [0, 0.1) is 0 Å². The van der Waals surface area contributed by atoms with E-state index < -0.39 is 0 Å². The Bertz CT molecular complexity index is 781. The number of halogens is 1. The molecule has 0 N–H and O–H groups in total. The predicted molar refractivity (Wildman–Crippen MR) is 90.7 cm³/mol. The van der Waals surface area contributed by atoms with Crippen LogP contribution in [0.3, 0.4) is 0 Å². The Kier molecular flexibility index (Phi) is 4.22. The second-order valence-electron chi connectivity index (χ2n) is 4.64. The van der Waals surface area contributed by atoms with Crippen molar-refractivity contribution in [3.05, 3.63) is 57.3 Å². The highest BCUT2D eigenvalue weighted by Gasteiger charge is 2.37. The van der Waals surface area contributed by atoms with Crippen LogP contribution in [0.2, 0.25) is 0 Å². The molecule has 1 aliphatic heterocycles. The Balaban J connectivity index is 1.97. The molecule has 2 heterocycles. The predicted octanol–water partition coefficient (Wildman–Crippen LogP) is 4.85. The van der Waals surface area contributed by atoms with Gasteiger partial charge in [-0.05, 0) is 57.9 Å².